The summed E-state index contributed by atoms with van der Waals surface area (Å²) in [6.45, 7) is 1.05. The summed E-state index contributed by atoms with van der Waals surface area (Å²) >= 11 is 0. The van der Waals surface area contributed by atoms with Gasteiger partial charge >= 0.3 is 0 Å². The lowest BCUT2D eigenvalue weighted by molar-refractivity contribution is 0.171. The maximum Gasteiger partial charge on any atom is 0.259 e. The molecular formula is C14H13N3O3. The van der Waals surface area contributed by atoms with E-state index in [4.69, 9.17) is 20.6 Å². The number of aromatic amines is 1. The number of fused-ring (bicyclic) bond motifs is 1. The molecule has 1 aromatic heterocycles. The number of hydrogen-bond acceptors (Lipinski definition) is 4. The molecule has 102 valence electrons. The third kappa shape index (κ3) is 2.11. The van der Waals surface area contributed by atoms with Crippen LogP contribution < -0.4 is 20.8 Å². The number of nitrogens with one attached hydrogen (secondary N) is 2. The lowest BCUT2D eigenvalue weighted by atomic mass is 10.1. The highest BCUT2D eigenvalue weighted by atomic mass is 16.6. The predicted molar refractivity (Wildman–Crippen MR) is 74.5 cm³/mol. The van der Waals surface area contributed by atoms with Crippen LogP contribution in [-0.2, 0) is 0 Å². The Bertz CT molecular complexity index is 737. The van der Waals surface area contributed by atoms with Gasteiger partial charge in [0.15, 0.2) is 11.5 Å². The van der Waals surface area contributed by atoms with Crippen molar-refractivity contribution in [2.75, 3.05) is 13.2 Å². The van der Waals surface area contributed by atoms with Crippen molar-refractivity contribution < 1.29 is 9.47 Å². The van der Waals surface area contributed by atoms with E-state index in [1.807, 2.05) is 12.1 Å². The minimum absolute atomic E-state index is 0.159. The van der Waals surface area contributed by atoms with Crippen molar-refractivity contribution in [3.8, 4) is 22.8 Å². The van der Waals surface area contributed by atoms with Gasteiger partial charge in [-0.1, -0.05) is 0 Å². The molecule has 20 heavy (non-hydrogen) atoms. The van der Waals surface area contributed by atoms with Gasteiger partial charge in [-0.05, 0) is 30.3 Å². The van der Waals surface area contributed by atoms with Gasteiger partial charge in [-0.15, -0.1) is 0 Å². The van der Waals surface area contributed by atoms with E-state index in [1.54, 1.807) is 12.1 Å². The number of ether oxygens (including phenoxy) is 2. The van der Waals surface area contributed by atoms with Gasteiger partial charge in [0.1, 0.15) is 19.0 Å². The molecule has 0 saturated carbocycles. The number of H-pyrrole nitrogens is 1. The standard InChI is InChI=1S/C14H13N3O3/c15-13(16)9-2-3-10(17-14(9)18)8-1-4-11-12(7-8)20-6-5-19-11/h1-4,7H,5-6H2,(H3,15,16)(H,17,18). The van der Waals surface area contributed by atoms with Crippen molar-refractivity contribution in [3.05, 3.63) is 46.2 Å². The van der Waals surface area contributed by atoms with Gasteiger partial charge < -0.3 is 20.2 Å². The third-order valence-electron chi connectivity index (χ3n) is 3.05. The largest absolute Gasteiger partial charge is 0.486 e. The molecule has 0 radical (unpaired) electrons. The van der Waals surface area contributed by atoms with Crippen LogP contribution in [0.5, 0.6) is 11.5 Å². The van der Waals surface area contributed by atoms with Gasteiger partial charge in [0.2, 0.25) is 0 Å². The molecule has 2 aromatic rings. The number of aromatic nitrogens is 1. The Morgan fingerprint density at radius 1 is 1.15 bits per heavy atom. The number of rotatable bonds is 2. The summed E-state index contributed by atoms with van der Waals surface area (Å²) in [5.74, 6) is 1.10. The lowest BCUT2D eigenvalue weighted by Gasteiger charge is -2.18. The maximum absolute atomic E-state index is 11.8. The number of nitrogen functional groups attached to an aromatic ring is 1. The van der Waals surface area contributed by atoms with Crippen LogP contribution >= 0.6 is 0 Å². The first kappa shape index (κ1) is 12.3. The van der Waals surface area contributed by atoms with Crippen molar-refractivity contribution in [2.45, 2.75) is 0 Å². The first-order valence-corrected chi connectivity index (χ1v) is 6.13. The summed E-state index contributed by atoms with van der Waals surface area (Å²) in [5, 5.41) is 7.30. The monoisotopic (exact) mass is 271 g/mol. The molecule has 6 heteroatoms. The molecule has 0 aliphatic carbocycles. The highest BCUT2D eigenvalue weighted by molar-refractivity contribution is 5.94. The molecule has 1 aromatic carbocycles. The van der Waals surface area contributed by atoms with Crippen molar-refractivity contribution in [1.29, 1.82) is 5.41 Å². The van der Waals surface area contributed by atoms with E-state index in [0.717, 1.165) is 5.56 Å². The molecule has 0 spiro atoms. The smallest absolute Gasteiger partial charge is 0.259 e. The molecular weight excluding hydrogens is 258 g/mol. The van der Waals surface area contributed by atoms with E-state index in [2.05, 4.69) is 4.98 Å². The van der Waals surface area contributed by atoms with Gasteiger partial charge in [0.25, 0.3) is 5.56 Å². The summed E-state index contributed by atoms with van der Waals surface area (Å²) in [6.07, 6.45) is 0. The number of benzene rings is 1. The number of nitrogens with two attached hydrogens (primary N) is 1. The third-order valence-corrected chi connectivity index (χ3v) is 3.05. The van der Waals surface area contributed by atoms with Crippen LogP contribution in [0.15, 0.2) is 35.1 Å². The summed E-state index contributed by atoms with van der Waals surface area (Å²) in [4.78, 5) is 14.5. The topological polar surface area (TPSA) is 101 Å². The molecule has 1 aliphatic heterocycles. The zero-order chi connectivity index (χ0) is 14.1. The molecule has 0 atom stereocenters. The fourth-order valence-corrected chi connectivity index (χ4v) is 2.07. The molecule has 0 bridgehead atoms. The second-order valence-corrected chi connectivity index (χ2v) is 4.39. The number of pyridine rings is 1. The molecule has 0 amide bonds. The number of amidine groups is 1. The Morgan fingerprint density at radius 2 is 1.90 bits per heavy atom. The average Bonchev–Trinajstić information content (AvgIpc) is 2.46. The summed E-state index contributed by atoms with van der Waals surface area (Å²) in [5.41, 5.74) is 6.54. The summed E-state index contributed by atoms with van der Waals surface area (Å²) < 4.78 is 11.0. The molecule has 4 N–H and O–H groups in total. The fraction of sp³-hybridized carbons (Fsp3) is 0.143. The van der Waals surface area contributed by atoms with Crippen molar-refractivity contribution in [3.63, 3.8) is 0 Å². The minimum Gasteiger partial charge on any atom is -0.486 e. The molecule has 2 heterocycles. The van der Waals surface area contributed by atoms with E-state index in [1.165, 1.54) is 6.07 Å². The minimum atomic E-state index is -0.384. The van der Waals surface area contributed by atoms with Gasteiger partial charge in [-0.2, -0.15) is 0 Å². The Balaban J connectivity index is 2.03. The SMILES string of the molecule is N=C(N)c1ccc(-c2ccc3c(c2)OCCO3)[nH]c1=O. The first-order valence-electron chi connectivity index (χ1n) is 6.13. The van der Waals surface area contributed by atoms with E-state index in [0.29, 0.717) is 30.4 Å². The van der Waals surface area contributed by atoms with E-state index in [9.17, 15) is 4.79 Å². The van der Waals surface area contributed by atoms with Crippen LogP contribution in [0.4, 0.5) is 0 Å². The van der Waals surface area contributed by atoms with Crippen LogP contribution in [0.3, 0.4) is 0 Å². The van der Waals surface area contributed by atoms with Gasteiger partial charge in [-0.3, -0.25) is 10.2 Å². The quantitative estimate of drug-likeness (QED) is 0.562. The predicted octanol–water partition coefficient (Wildman–Crippen LogP) is 1.10. The molecule has 6 nitrogen and oxygen atoms in total. The second-order valence-electron chi connectivity index (χ2n) is 4.39. The molecule has 0 fully saturated rings. The van der Waals surface area contributed by atoms with Gasteiger partial charge in [0, 0.05) is 11.3 Å². The van der Waals surface area contributed by atoms with Gasteiger partial charge in [0.05, 0.1) is 5.56 Å². The average molecular weight is 271 g/mol. The van der Waals surface area contributed by atoms with Crippen molar-refractivity contribution in [1.82, 2.24) is 4.98 Å². The Hall–Kier alpha value is -2.76. The normalized spacial score (nSPS) is 13.0. The first-order chi connectivity index (χ1) is 9.65. The summed E-state index contributed by atoms with van der Waals surface area (Å²) in [6, 6.07) is 8.71. The molecule has 0 unspecified atom stereocenters. The van der Waals surface area contributed by atoms with E-state index in [-0.39, 0.29) is 17.0 Å². The highest BCUT2D eigenvalue weighted by Crippen LogP contribution is 2.33. The number of hydrogen-bond donors (Lipinski definition) is 3. The molecule has 1 aliphatic rings. The zero-order valence-electron chi connectivity index (χ0n) is 10.6. The van der Waals surface area contributed by atoms with Crippen molar-refractivity contribution >= 4 is 5.84 Å². The van der Waals surface area contributed by atoms with E-state index >= 15 is 0 Å². The molecule has 3 rings (SSSR count). The van der Waals surface area contributed by atoms with Crippen LogP contribution in [-0.4, -0.2) is 24.0 Å². The Labute approximate surface area is 114 Å². The van der Waals surface area contributed by atoms with Crippen LogP contribution in [0, 0.1) is 5.41 Å². The maximum atomic E-state index is 11.8. The Kier molecular flexibility index (Phi) is 2.90. The van der Waals surface area contributed by atoms with Gasteiger partial charge in [-0.25, -0.2) is 0 Å². The second kappa shape index (κ2) is 4.73. The van der Waals surface area contributed by atoms with Crippen LogP contribution in [0.25, 0.3) is 11.3 Å². The Morgan fingerprint density at radius 3 is 2.60 bits per heavy atom. The highest BCUT2D eigenvalue weighted by Gasteiger charge is 2.13. The van der Waals surface area contributed by atoms with Crippen molar-refractivity contribution in [2.24, 2.45) is 5.73 Å². The molecule has 0 saturated heterocycles. The summed E-state index contributed by atoms with van der Waals surface area (Å²) in [7, 11) is 0. The zero-order valence-corrected chi connectivity index (χ0v) is 10.6. The van der Waals surface area contributed by atoms with E-state index < -0.39 is 0 Å². The van der Waals surface area contributed by atoms with Crippen LogP contribution in [0.2, 0.25) is 0 Å². The van der Waals surface area contributed by atoms with Crippen LogP contribution in [0.1, 0.15) is 5.56 Å². The fourth-order valence-electron chi connectivity index (χ4n) is 2.07. The lowest BCUT2D eigenvalue weighted by Crippen LogP contribution is -2.23.